The molecule has 0 saturated carbocycles. The molecule has 5 nitrogen and oxygen atoms in total. The van der Waals surface area contributed by atoms with Gasteiger partial charge in [0, 0.05) is 0 Å². The maximum atomic E-state index is 11.9. The highest BCUT2D eigenvalue weighted by Gasteiger charge is 2.39. The molecule has 1 rings (SSSR count). The number of nitrogens with zero attached hydrogens (tertiary/aromatic N) is 1. The van der Waals surface area contributed by atoms with E-state index in [0.29, 0.717) is 11.5 Å². The first kappa shape index (κ1) is 12.4. The predicted molar refractivity (Wildman–Crippen MR) is 48.5 cm³/mol. The number of anilines is 1. The van der Waals surface area contributed by atoms with Crippen LogP contribution in [0.5, 0.6) is 0 Å². The molecule has 0 aliphatic carbocycles. The van der Waals surface area contributed by atoms with E-state index >= 15 is 0 Å². The number of alkyl halides is 3. The highest BCUT2D eigenvalue weighted by Crippen LogP contribution is 2.26. The van der Waals surface area contributed by atoms with E-state index in [9.17, 15) is 22.8 Å². The first-order valence-electron chi connectivity index (χ1n) is 3.81. The van der Waals surface area contributed by atoms with Crippen molar-refractivity contribution in [3.05, 3.63) is 11.3 Å². The van der Waals surface area contributed by atoms with Crippen molar-refractivity contribution in [1.82, 2.24) is 4.37 Å². The van der Waals surface area contributed by atoms with Crippen LogP contribution in [-0.2, 0) is 4.79 Å². The number of carbonyl (C=O) groups excluding carboxylic acids is 1. The molecule has 0 fully saturated rings. The molecule has 0 bridgehead atoms. The Morgan fingerprint density at radius 3 is 2.44 bits per heavy atom. The van der Waals surface area contributed by atoms with Crippen LogP contribution in [0.1, 0.15) is 16.1 Å². The smallest absolute Gasteiger partial charge is 0.471 e. The number of nitrogens with one attached hydrogen (secondary N) is 1. The van der Waals surface area contributed by atoms with E-state index in [4.69, 9.17) is 5.11 Å². The number of carbonyl (C=O) groups is 2. The minimum absolute atomic E-state index is 0.0509. The monoisotopic (exact) mass is 254 g/mol. The Bertz CT molecular complexity index is 441. The molecule has 1 heterocycles. The molecule has 0 aromatic carbocycles. The van der Waals surface area contributed by atoms with Gasteiger partial charge in [0.05, 0.1) is 5.69 Å². The highest BCUT2D eigenvalue weighted by molar-refractivity contribution is 7.11. The second kappa shape index (κ2) is 4.08. The minimum atomic E-state index is -5.06. The summed E-state index contributed by atoms with van der Waals surface area (Å²) in [5, 5.41) is 9.73. The fourth-order valence-corrected chi connectivity index (χ4v) is 1.67. The van der Waals surface area contributed by atoms with Crippen molar-refractivity contribution in [2.45, 2.75) is 13.1 Å². The third-order valence-corrected chi connectivity index (χ3v) is 2.42. The fourth-order valence-electron chi connectivity index (χ4n) is 0.881. The number of aryl methyl sites for hydroxylation is 1. The maximum Gasteiger partial charge on any atom is 0.471 e. The number of halogens is 3. The molecular weight excluding hydrogens is 249 g/mol. The van der Waals surface area contributed by atoms with Gasteiger partial charge in [0.25, 0.3) is 0 Å². The lowest BCUT2D eigenvalue weighted by Gasteiger charge is -2.06. The van der Waals surface area contributed by atoms with Crippen LogP contribution >= 0.6 is 11.5 Å². The Morgan fingerprint density at radius 1 is 1.44 bits per heavy atom. The van der Waals surface area contributed by atoms with Crippen LogP contribution in [-0.4, -0.2) is 27.5 Å². The van der Waals surface area contributed by atoms with Gasteiger partial charge in [-0.2, -0.15) is 17.5 Å². The van der Waals surface area contributed by atoms with Crippen molar-refractivity contribution in [2.24, 2.45) is 0 Å². The van der Waals surface area contributed by atoms with Gasteiger partial charge >= 0.3 is 18.1 Å². The molecule has 0 atom stereocenters. The number of amides is 1. The third-order valence-electron chi connectivity index (χ3n) is 1.56. The van der Waals surface area contributed by atoms with Gasteiger partial charge in [0.15, 0.2) is 0 Å². The van der Waals surface area contributed by atoms with Gasteiger partial charge in [-0.3, -0.25) is 4.79 Å². The molecule has 0 spiro atoms. The lowest BCUT2D eigenvalue weighted by atomic mass is 10.2. The quantitative estimate of drug-likeness (QED) is 0.841. The van der Waals surface area contributed by atoms with Crippen LogP contribution < -0.4 is 5.32 Å². The second-order valence-electron chi connectivity index (χ2n) is 2.73. The van der Waals surface area contributed by atoms with Gasteiger partial charge in [-0.05, 0) is 18.5 Å². The summed E-state index contributed by atoms with van der Waals surface area (Å²) in [7, 11) is 0. The molecule has 0 unspecified atom stereocenters. The van der Waals surface area contributed by atoms with Crippen molar-refractivity contribution in [3.63, 3.8) is 0 Å². The Kier molecular flexibility index (Phi) is 3.17. The van der Waals surface area contributed by atoms with Crippen molar-refractivity contribution < 1.29 is 27.9 Å². The Hall–Kier alpha value is -1.64. The Morgan fingerprint density at radius 2 is 2.00 bits per heavy atom. The molecule has 1 aromatic heterocycles. The zero-order valence-electron chi connectivity index (χ0n) is 7.75. The molecule has 16 heavy (non-hydrogen) atoms. The summed E-state index contributed by atoms with van der Waals surface area (Å²) in [5.41, 5.74) is -0.377. The number of rotatable bonds is 2. The van der Waals surface area contributed by atoms with Crippen LogP contribution in [0.3, 0.4) is 0 Å². The molecule has 0 radical (unpaired) electrons. The van der Waals surface area contributed by atoms with Crippen molar-refractivity contribution in [3.8, 4) is 0 Å². The molecular formula is C7H5F3N2O3S. The van der Waals surface area contributed by atoms with Crippen LogP contribution in [0, 0.1) is 6.92 Å². The molecule has 9 heteroatoms. The fraction of sp³-hybridized carbons (Fsp3) is 0.286. The number of aromatic carboxylic acids is 1. The van der Waals surface area contributed by atoms with E-state index in [1.165, 1.54) is 12.2 Å². The molecule has 88 valence electrons. The normalized spacial score (nSPS) is 11.2. The van der Waals surface area contributed by atoms with E-state index in [0.717, 1.165) is 0 Å². The lowest BCUT2D eigenvalue weighted by molar-refractivity contribution is -0.167. The van der Waals surface area contributed by atoms with Gasteiger partial charge in [-0.25, -0.2) is 4.79 Å². The Labute approximate surface area is 91.1 Å². The summed E-state index contributed by atoms with van der Waals surface area (Å²) in [6.07, 6.45) is -5.06. The van der Waals surface area contributed by atoms with Gasteiger partial charge in [0.2, 0.25) is 0 Å². The standard InChI is InChI=1S/C7H5F3N2O3S/c1-2-3(5(13)14)4(16-12-2)11-6(15)7(8,9)10/h1H3,(H,11,15)(H,13,14). The average molecular weight is 254 g/mol. The van der Waals surface area contributed by atoms with E-state index in [1.807, 2.05) is 0 Å². The molecule has 0 aliphatic heterocycles. The van der Waals surface area contributed by atoms with Crippen LogP contribution in [0.2, 0.25) is 0 Å². The summed E-state index contributed by atoms with van der Waals surface area (Å²) in [4.78, 5) is 21.2. The molecule has 0 aliphatic rings. The van der Waals surface area contributed by atoms with Crippen LogP contribution in [0.25, 0.3) is 0 Å². The average Bonchev–Trinajstić information content (AvgIpc) is 2.45. The third kappa shape index (κ3) is 2.48. The van der Waals surface area contributed by atoms with E-state index in [2.05, 4.69) is 4.37 Å². The predicted octanol–water partition coefficient (Wildman–Crippen LogP) is 1.65. The first-order valence-corrected chi connectivity index (χ1v) is 4.58. The number of hydrogen-bond donors (Lipinski definition) is 2. The second-order valence-corrected chi connectivity index (χ2v) is 3.50. The van der Waals surface area contributed by atoms with Gasteiger partial charge < -0.3 is 10.4 Å². The van der Waals surface area contributed by atoms with Crippen molar-refractivity contribution >= 4 is 28.4 Å². The topological polar surface area (TPSA) is 79.3 Å². The summed E-state index contributed by atoms with van der Waals surface area (Å²) in [5.74, 6) is -3.66. The van der Waals surface area contributed by atoms with Gasteiger partial charge in [0.1, 0.15) is 10.6 Å². The Balaban J connectivity index is 2.99. The zero-order chi connectivity index (χ0) is 12.5. The minimum Gasteiger partial charge on any atom is -0.478 e. The number of aromatic nitrogens is 1. The first-order chi connectivity index (χ1) is 7.23. The summed E-state index contributed by atoms with van der Waals surface area (Å²) in [6.45, 7) is 1.32. The van der Waals surface area contributed by atoms with Crippen molar-refractivity contribution in [1.29, 1.82) is 0 Å². The van der Waals surface area contributed by atoms with Gasteiger partial charge in [-0.15, -0.1) is 0 Å². The van der Waals surface area contributed by atoms with E-state index in [1.54, 1.807) is 0 Å². The molecule has 1 amide bonds. The number of hydrogen-bond acceptors (Lipinski definition) is 4. The largest absolute Gasteiger partial charge is 0.478 e. The summed E-state index contributed by atoms with van der Waals surface area (Å²) >= 11 is 0.486. The molecule has 1 aromatic rings. The van der Waals surface area contributed by atoms with Crippen LogP contribution in [0.15, 0.2) is 0 Å². The maximum absolute atomic E-state index is 11.9. The molecule has 0 saturated heterocycles. The van der Waals surface area contributed by atoms with Crippen molar-refractivity contribution in [2.75, 3.05) is 5.32 Å². The lowest BCUT2D eigenvalue weighted by Crippen LogP contribution is -2.30. The van der Waals surface area contributed by atoms with E-state index in [-0.39, 0.29) is 5.69 Å². The zero-order valence-corrected chi connectivity index (χ0v) is 8.57. The summed E-state index contributed by atoms with van der Waals surface area (Å²) in [6, 6.07) is 0. The SMILES string of the molecule is Cc1nsc(NC(=O)C(F)(F)F)c1C(=O)O. The number of carboxylic acid groups (broad SMARTS) is 1. The highest BCUT2D eigenvalue weighted by atomic mass is 32.1. The number of carboxylic acids is 1. The molecule has 2 N–H and O–H groups in total. The summed E-state index contributed by atoms with van der Waals surface area (Å²) < 4.78 is 39.2. The van der Waals surface area contributed by atoms with E-state index < -0.39 is 28.6 Å². The van der Waals surface area contributed by atoms with Gasteiger partial charge in [-0.1, -0.05) is 0 Å². The van der Waals surface area contributed by atoms with Crippen LogP contribution in [0.4, 0.5) is 18.2 Å².